The van der Waals surface area contributed by atoms with E-state index >= 15 is 0 Å². The Hall–Kier alpha value is -0.660. The number of esters is 1. The lowest BCUT2D eigenvalue weighted by molar-refractivity contribution is -0.142. The molecular formula is C7H15NO5S. The summed E-state index contributed by atoms with van der Waals surface area (Å²) in [5.74, 6) is -0.698. The van der Waals surface area contributed by atoms with E-state index < -0.39 is 22.3 Å². The Labute approximate surface area is 83.5 Å². The van der Waals surface area contributed by atoms with Crippen molar-refractivity contribution in [1.82, 2.24) is 4.72 Å². The van der Waals surface area contributed by atoms with E-state index in [1.54, 1.807) is 4.72 Å². The summed E-state index contributed by atoms with van der Waals surface area (Å²) in [5.41, 5.74) is 0. The fraction of sp³-hybridized carbons (Fsp3) is 0.857. The van der Waals surface area contributed by atoms with Crippen LogP contribution in [-0.2, 0) is 19.8 Å². The SMILES string of the molecule is CCCC[C@H](NS(=O)(=O)O)C(=O)OC. The first-order chi connectivity index (χ1) is 6.40. The highest BCUT2D eigenvalue weighted by Gasteiger charge is 2.22. The molecule has 0 aliphatic heterocycles. The van der Waals surface area contributed by atoms with Crippen molar-refractivity contribution in [2.75, 3.05) is 7.11 Å². The van der Waals surface area contributed by atoms with Crippen LogP contribution in [0.2, 0.25) is 0 Å². The molecule has 0 aromatic rings. The van der Waals surface area contributed by atoms with Crippen molar-refractivity contribution in [2.45, 2.75) is 32.2 Å². The quantitative estimate of drug-likeness (QED) is 0.494. The number of carbonyl (C=O) groups is 1. The molecule has 0 aliphatic carbocycles. The third-order valence-corrected chi connectivity index (χ3v) is 2.21. The summed E-state index contributed by atoms with van der Waals surface area (Å²) >= 11 is 0. The number of hydrogen-bond acceptors (Lipinski definition) is 4. The van der Waals surface area contributed by atoms with Crippen LogP contribution in [0.3, 0.4) is 0 Å². The largest absolute Gasteiger partial charge is 0.468 e. The minimum Gasteiger partial charge on any atom is -0.468 e. The summed E-state index contributed by atoms with van der Waals surface area (Å²) < 4.78 is 35.6. The molecule has 14 heavy (non-hydrogen) atoms. The van der Waals surface area contributed by atoms with E-state index in [2.05, 4.69) is 4.74 Å². The van der Waals surface area contributed by atoms with Gasteiger partial charge in [-0.05, 0) is 6.42 Å². The maximum absolute atomic E-state index is 11.0. The van der Waals surface area contributed by atoms with Crippen LogP contribution in [0.25, 0.3) is 0 Å². The van der Waals surface area contributed by atoms with Gasteiger partial charge in [-0.15, -0.1) is 0 Å². The van der Waals surface area contributed by atoms with E-state index in [-0.39, 0.29) is 0 Å². The number of unbranched alkanes of at least 4 members (excludes halogenated alkanes) is 1. The lowest BCUT2D eigenvalue weighted by Crippen LogP contribution is -2.41. The fourth-order valence-corrected chi connectivity index (χ4v) is 1.53. The van der Waals surface area contributed by atoms with Crippen LogP contribution >= 0.6 is 0 Å². The second-order valence-electron chi connectivity index (χ2n) is 2.81. The van der Waals surface area contributed by atoms with Crippen LogP contribution in [-0.4, -0.2) is 32.1 Å². The van der Waals surface area contributed by atoms with Crippen molar-refractivity contribution in [2.24, 2.45) is 0 Å². The van der Waals surface area contributed by atoms with Crippen molar-refractivity contribution in [3.8, 4) is 0 Å². The second-order valence-corrected chi connectivity index (χ2v) is 4.00. The molecule has 0 amide bonds. The number of ether oxygens (including phenoxy) is 1. The van der Waals surface area contributed by atoms with Gasteiger partial charge in [-0.3, -0.25) is 9.35 Å². The molecule has 1 atom stereocenters. The molecule has 6 nitrogen and oxygen atoms in total. The molecule has 0 rings (SSSR count). The van der Waals surface area contributed by atoms with Crippen LogP contribution in [0.5, 0.6) is 0 Å². The fourth-order valence-electron chi connectivity index (χ4n) is 0.955. The minimum absolute atomic E-state index is 0.308. The first-order valence-electron chi connectivity index (χ1n) is 4.23. The third kappa shape index (κ3) is 5.90. The van der Waals surface area contributed by atoms with E-state index in [1.807, 2.05) is 6.92 Å². The van der Waals surface area contributed by atoms with E-state index in [0.717, 1.165) is 13.5 Å². The maximum Gasteiger partial charge on any atom is 0.334 e. The lowest BCUT2D eigenvalue weighted by atomic mass is 10.1. The number of hydrogen-bond donors (Lipinski definition) is 2. The van der Waals surface area contributed by atoms with Gasteiger partial charge < -0.3 is 4.74 Å². The Morgan fingerprint density at radius 2 is 2.14 bits per heavy atom. The minimum atomic E-state index is -4.36. The van der Waals surface area contributed by atoms with Crippen molar-refractivity contribution in [1.29, 1.82) is 0 Å². The zero-order valence-corrected chi connectivity index (χ0v) is 9.00. The summed E-state index contributed by atoms with van der Waals surface area (Å²) in [6.07, 6.45) is 1.80. The molecule has 7 heteroatoms. The van der Waals surface area contributed by atoms with Crippen molar-refractivity contribution < 1.29 is 22.5 Å². The first kappa shape index (κ1) is 13.3. The predicted octanol–water partition coefficient (Wildman–Crippen LogP) is 0.111. The summed E-state index contributed by atoms with van der Waals surface area (Å²) in [4.78, 5) is 11.0. The van der Waals surface area contributed by atoms with Gasteiger partial charge in [-0.2, -0.15) is 13.1 Å². The molecule has 0 aromatic carbocycles. The van der Waals surface area contributed by atoms with Gasteiger partial charge in [-0.25, -0.2) is 0 Å². The van der Waals surface area contributed by atoms with Gasteiger partial charge in [0.05, 0.1) is 7.11 Å². The molecule has 84 valence electrons. The Morgan fingerprint density at radius 1 is 1.57 bits per heavy atom. The van der Waals surface area contributed by atoms with Crippen LogP contribution in [0.4, 0.5) is 0 Å². The highest BCUT2D eigenvalue weighted by Crippen LogP contribution is 2.03. The van der Waals surface area contributed by atoms with Gasteiger partial charge in [0.25, 0.3) is 0 Å². The smallest absolute Gasteiger partial charge is 0.334 e. The van der Waals surface area contributed by atoms with Crippen LogP contribution < -0.4 is 4.72 Å². The lowest BCUT2D eigenvalue weighted by Gasteiger charge is -2.13. The summed E-state index contributed by atoms with van der Waals surface area (Å²) in [5, 5.41) is 0. The molecule has 0 saturated heterocycles. The highest BCUT2D eigenvalue weighted by atomic mass is 32.2. The average molecular weight is 225 g/mol. The average Bonchev–Trinajstić information content (AvgIpc) is 2.09. The van der Waals surface area contributed by atoms with Crippen molar-refractivity contribution in [3.05, 3.63) is 0 Å². The zero-order valence-electron chi connectivity index (χ0n) is 8.19. The van der Waals surface area contributed by atoms with Crippen molar-refractivity contribution in [3.63, 3.8) is 0 Å². The highest BCUT2D eigenvalue weighted by molar-refractivity contribution is 7.83. The van der Waals surface area contributed by atoms with Gasteiger partial charge in [0.15, 0.2) is 0 Å². The van der Waals surface area contributed by atoms with E-state index in [1.165, 1.54) is 0 Å². The van der Waals surface area contributed by atoms with Crippen LogP contribution in [0.1, 0.15) is 26.2 Å². The zero-order chi connectivity index (χ0) is 11.2. The monoisotopic (exact) mass is 225 g/mol. The molecule has 0 radical (unpaired) electrons. The Kier molecular flexibility index (Phi) is 5.66. The van der Waals surface area contributed by atoms with E-state index in [4.69, 9.17) is 4.55 Å². The maximum atomic E-state index is 11.0. The second kappa shape index (κ2) is 5.94. The van der Waals surface area contributed by atoms with Crippen molar-refractivity contribution >= 4 is 16.3 Å². The molecule has 0 unspecified atom stereocenters. The molecular weight excluding hydrogens is 210 g/mol. The van der Waals surface area contributed by atoms with Gasteiger partial charge in [0.2, 0.25) is 0 Å². The first-order valence-corrected chi connectivity index (χ1v) is 5.67. The number of nitrogens with one attached hydrogen (secondary N) is 1. The van der Waals surface area contributed by atoms with Crippen LogP contribution in [0.15, 0.2) is 0 Å². The Morgan fingerprint density at radius 3 is 2.50 bits per heavy atom. The summed E-state index contributed by atoms with van der Waals surface area (Å²) in [6, 6.07) is -1.00. The normalized spacial score (nSPS) is 13.6. The number of rotatable bonds is 6. The van der Waals surface area contributed by atoms with E-state index in [9.17, 15) is 13.2 Å². The van der Waals surface area contributed by atoms with Gasteiger partial charge in [0, 0.05) is 0 Å². The summed E-state index contributed by atoms with van der Waals surface area (Å²) in [7, 11) is -3.20. The molecule has 2 N–H and O–H groups in total. The molecule has 0 aliphatic rings. The van der Waals surface area contributed by atoms with Gasteiger partial charge in [0.1, 0.15) is 6.04 Å². The topological polar surface area (TPSA) is 92.7 Å². The van der Waals surface area contributed by atoms with Gasteiger partial charge in [-0.1, -0.05) is 19.8 Å². The molecule has 0 fully saturated rings. The Bertz CT molecular complexity index is 274. The van der Waals surface area contributed by atoms with Gasteiger partial charge >= 0.3 is 16.3 Å². The predicted molar refractivity (Wildman–Crippen MR) is 50.0 cm³/mol. The molecule has 0 heterocycles. The Balaban J connectivity index is 4.32. The molecule has 0 spiro atoms. The van der Waals surface area contributed by atoms with Crippen LogP contribution in [0, 0.1) is 0 Å². The number of carbonyl (C=O) groups excluding carboxylic acids is 1. The summed E-state index contributed by atoms with van der Waals surface area (Å²) in [6.45, 7) is 1.90. The molecule has 0 aromatic heterocycles. The van der Waals surface area contributed by atoms with E-state index in [0.29, 0.717) is 12.8 Å². The third-order valence-electron chi connectivity index (χ3n) is 1.62. The standard InChI is InChI=1S/C7H15NO5S/c1-3-4-5-6(7(9)13-2)8-14(10,11)12/h6,8H,3-5H2,1-2H3,(H,10,11,12)/t6-/m0/s1. The molecule has 0 bridgehead atoms. The number of methoxy groups -OCH3 is 1. The molecule has 0 saturated carbocycles.